The highest BCUT2D eigenvalue weighted by Gasteiger charge is 2.55. The molecule has 0 spiro atoms. The molecular formula is C46H55N9O8. The van der Waals surface area contributed by atoms with Gasteiger partial charge in [-0.15, -0.1) is 0 Å². The number of imidazole rings is 1. The fourth-order valence-electron chi connectivity index (χ4n) is 9.82. The van der Waals surface area contributed by atoms with E-state index in [1.807, 2.05) is 72.8 Å². The number of amides is 7. The number of imide groups is 1. The number of aryl methyl sites for hydroxylation is 2. The Kier molecular flexibility index (Phi) is 13.5. The van der Waals surface area contributed by atoms with Gasteiger partial charge in [-0.3, -0.25) is 48.0 Å². The van der Waals surface area contributed by atoms with Crippen LogP contribution in [0.4, 0.5) is 0 Å². The normalized spacial score (nSPS) is 21.3. The summed E-state index contributed by atoms with van der Waals surface area (Å²) in [5.74, 6) is -2.73. The molecule has 4 aromatic rings. The van der Waals surface area contributed by atoms with Crippen molar-refractivity contribution in [3.8, 4) is 0 Å². The Labute approximate surface area is 364 Å². The van der Waals surface area contributed by atoms with Crippen LogP contribution >= 0.6 is 0 Å². The molecule has 1 aromatic heterocycles. The third-order valence-corrected chi connectivity index (χ3v) is 13.0. The van der Waals surface area contributed by atoms with Crippen LogP contribution in [0, 0.1) is 0 Å². The average Bonchev–Trinajstić information content (AvgIpc) is 3.81. The molecule has 7 N–H and O–H groups in total. The van der Waals surface area contributed by atoms with Crippen molar-refractivity contribution < 1.29 is 33.6 Å². The molecule has 17 heteroatoms. The number of unbranched alkanes of at least 4 members (excludes halogenated alkanes) is 1. The molecule has 0 saturated carbocycles. The molecule has 0 radical (unpaired) electrons. The van der Waals surface area contributed by atoms with Crippen LogP contribution < -0.4 is 33.1 Å². The minimum Gasteiger partial charge on any atom is -0.370 e. The summed E-state index contributed by atoms with van der Waals surface area (Å²) in [6.45, 7) is 0.267. The standard InChI is InChI=1S/C46H55N9O8/c1-52-41-31(16-10-17-34(41)55(45(52)63)35-20-22-38(58)50-42(35)60)15-8-9-18-39(59)53-26-24-32-19-21-36(54(32)43(61)33(47)27-53)46(49-28-56,25-23-37(48)57)44(62)51-40(29-11-4-2-5-12-29)30-13-6-3-7-14-30/h2-7,10-14,16-17,28,32-33,35-36,40H,8-9,15,18-27,47H2,1H3,(H2,48,57)(H,49,56)(H,51,62)(H,50,58,60)/t32-,33+,35?,36+,46?/m1/s1. The molecule has 4 heterocycles. The van der Waals surface area contributed by atoms with E-state index in [9.17, 15) is 38.4 Å². The highest BCUT2D eigenvalue weighted by Crippen LogP contribution is 2.38. The lowest BCUT2D eigenvalue weighted by Gasteiger charge is -2.45. The first kappa shape index (κ1) is 44.4. The number of nitrogens with one attached hydrogen (secondary N) is 3. The van der Waals surface area contributed by atoms with Gasteiger partial charge in [0.1, 0.15) is 17.6 Å². The largest absolute Gasteiger partial charge is 0.370 e. The predicted octanol–water partition coefficient (Wildman–Crippen LogP) is 1.61. The van der Waals surface area contributed by atoms with Gasteiger partial charge < -0.3 is 31.9 Å². The number of aromatic nitrogens is 2. The zero-order chi connectivity index (χ0) is 44.8. The summed E-state index contributed by atoms with van der Waals surface area (Å²) in [7, 11) is 1.65. The molecule has 7 rings (SSSR count). The number of carbonyl (C=O) groups is 7. The zero-order valence-corrected chi connectivity index (χ0v) is 35.4. The minimum absolute atomic E-state index is 0.0471. The first-order valence-corrected chi connectivity index (χ1v) is 21.6. The van der Waals surface area contributed by atoms with Gasteiger partial charge in [0.2, 0.25) is 41.9 Å². The van der Waals surface area contributed by atoms with Crippen molar-refractivity contribution in [3.63, 3.8) is 0 Å². The number of fused-ring (bicyclic) bond motifs is 2. The molecule has 17 nitrogen and oxygen atoms in total. The number of benzene rings is 3. The smallest absolute Gasteiger partial charge is 0.329 e. The van der Waals surface area contributed by atoms with E-state index in [2.05, 4.69) is 16.0 Å². The number of nitrogens with two attached hydrogens (primary N) is 2. The molecule has 7 amide bonds. The number of piperidine rings is 1. The third kappa shape index (κ3) is 9.14. The van der Waals surface area contributed by atoms with Crippen LogP contribution in [-0.2, 0) is 47.0 Å². The fourth-order valence-corrected chi connectivity index (χ4v) is 9.82. The number of primary amides is 1. The second-order valence-electron chi connectivity index (χ2n) is 16.8. The molecule has 332 valence electrons. The second-order valence-corrected chi connectivity index (χ2v) is 16.8. The summed E-state index contributed by atoms with van der Waals surface area (Å²) in [5.41, 5.74) is 13.9. The molecule has 3 aromatic carbocycles. The Hall–Kier alpha value is -6.62. The number of hydrogen-bond donors (Lipinski definition) is 5. The molecule has 3 aliphatic heterocycles. The zero-order valence-electron chi connectivity index (χ0n) is 35.4. The summed E-state index contributed by atoms with van der Waals surface area (Å²) < 4.78 is 2.97. The van der Waals surface area contributed by atoms with Crippen molar-refractivity contribution >= 4 is 52.9 Å². The van der Waals surface area contributed by atoms with Crippen LogP contribution in [-0.4, -0.2) is 97.5 Å². The van der Waals surface area contributed by atoms with Crippen LogP contribution in [0.3, 0.4) is 0 Å². The van der Waals surface area contributed by atoms with Crippen molar-refractivity contribution in [1.29, 1.82) is 0 Å². The van der Waals surface area contributed by atoms with Gasteiger partial charge in [0, 0.05) is 45.4 Å². The van der Waals surface area contributed by atoms with Gasteiger partial charge in [0.25, 0.3) is 0 Å². The molecule has 63 heavy (non-hydrogen) atoms. The Bertz CT molecular complexity index is 2400. The fraction of sp³-hybridized carbons (Fsp3) is 0.435. The third-order valence-electron chi connectivity index (χ3n) is 13.0. The lowest BCUT2D eigenvalue weighted by molar-refractivity contribution is -0.145. The monoisotopic (exact) mass is 861 g/mol. The maximum Gasteiger partial charge on any atom is 0.329 e. The van der Waals surface area contributed by atoms with Gasteiger partial charge in [-0.05, 0) is 74.1 Å². The van der Waals surface area contributed by atoms with Gasteiger partial charge in [0.05, 0.1) is 23.1 Å². The first-order valence-electron chi connectivity index (χ1n) is 21.6. The summed E-state index contributed by atoms with van der Waals surface area (Å²) in [6, 6.07) is 20.4. The van der Waals surface area contributed by atoms with Crippen LogP contribution in [0.15, 0.2) is 83.7 Å². The minimum atomic E-state index is -1.75. The van der Waals surface area contributed by atoms with Crippen molar-refractivity contribution in [2.45, 2.75) is 106 Å². The van der Waals surface area contributed by atoms with E-state index in [4.69, 9.17) is 11.5 Å². The van der Waals surface area contributed by atoms with Crippen molar-refractivity contribution in [1.82, 2.24) is 34.9 Å². The van der Waals surface area contributed by atoms with E-state index in [0.717, 1.165) is 16.7 Å². The number of carbonyl (C=O) groups excluding carboxylic acids is 7. The van der Waals surface area contributed by atoms with Gasteiger partial charge in [-0.25, -0.2) is 4.79 Å². The summed E-state index contributed by atoms with van der Waals surface area (Å²) in [5, 5.41) is 8.23. The molecule has 3 aliphatic rings. The SMILES string of the molecule is Cn1c(=O)n(C2CCC(=O)NC2=O)c2cccc(CCCCC(=O)N3CC[C@H]4CC[C@@H](C(CCC(N)=O)(NC=O)C(=O)NC(c5ccccc5)c5ccccc5)N4C(=O)[C@@H](N)C3)c21. The lowest BCUT2D eigenvalue weighted by atomic mass is 9.81. The quantitative estimate of drug-likeness (QED) is 0.0624. The Morgan fingerprint density at radius 2 is 1.59 bits per heavy atom. The number of nitrogens with zero attached hydrogens (tertiary/aromatic N) is 4. The number of rotatable bonds is 16. The molecule has 2 unspecified atom stereocenters. The van der Waals surface area contributed by atoms with E-state index in [1.54, 1.807) is 22.9 Å². The summed E-state index contributed by atoms with van der Waals surface area (Å²) >= 11 is 0. The summed E-state index contributed by atoms with van der Waals surface area (Å²) in [4.78, 5) is 109. The van der Waals surface area contributed by atoms with Crippen LogP contribution in [0.1, 0.15) is 93.0 Å². The van der Waals surface area contributed by atoms with E-state index >= 15 is 0 Å². The Morgan fingerprint density at radius 3 is 2.24 bits per heavy atom. The van der Waals surface area contributed by atoms with E-state index in [0.29, 0.717) is 62.5 Å². The van der Waals surface area contributed by atoms with Gasteiger partial charge >= 0.3 is 5.69 Å². The highest BCUT2D eigenvalue weighted by molar-refractivity contribution is 6.00. The summed E-state index contributed by atoms with van der Waals surface area (Å²) in [6.07, 6.45) is 3.49. The van der Waals surface area contributed by atoms with Crippen LogP contribution in [0.25, 0.3) is 11.0 Å². The van der Waals surface area contributed by atoms with Gasteiger partial charge in [-0.1, -0.05) is 72.8 Å². The van der Waals surface area contributed by atoms with E-state index in [-0.39, 0.29) is 56.2 Å². The van der Waals surface area contributed by atoms with Crippen molar-refractivity contribution in [2.24, 2.45) is 18.5 Å². The lowest BCUT2D eigenvalue weighted by Crippen LogP contribution is -2.70. The first-order chi connectivity index (χ1) is 30.3. The van der Waals surface area contributed by atoms with Crippen molar-refractivity contribution in [2.75, 3.05) is 13.1 Å². The van der Waals surface area contributed by atoms with Crippen LogP contribution in [0.2, 0.25) is 0 Å². The van der Waals surface area contributed by atoms with E-state index < -0.39 is 59.4 Å². The average molecular weight is 862 g/mol. The van der Waals surface area contributed by atoms with Crippen LogP contribution in [0.5, 0.6) is 0 Å². The Balaban J connectivity index is 1.04. The molecule has 0 bridgehead atoms. The molecule has 3 fully saturated rings. The molecular weight excluding hydrogens is 807 g/mol. The number of hydrogen-bond acceptors (Lipinski definition) is 9. The maximum absolute atomic E-state index is 14.8. The molecule has 5 atom stereocenters. The Morgan fingerprint density at radius 1 is 0.889 bits per heavy atom. The van der Waals surface area contributed by atoms with Crippen molar-refractivity contribution in [3.05, 3.63) is 106 Å². The predicted molar refractivity (Wildman–Crippen MR) is 232 cm³/mol. The van der Waals surface area contributed by atoms with E-state index in [1.165, 1.54) is 9.13 Å². The van der Waals surface area contributed by atoms with Gasteiger partial charge in [-0.2, -0.15) is 0 Å². The van der Waals surface area contributed by atoms with Gasteiger partial charge in [0.15, 0.2) is 0 Å². The highest BCUT2D eigenvalue weighted by atomic mass is 16.2. The topological polar surface area (TPSA) is 241 Å². The number of para-hydroxylation sites is 1. The molecule has 0 aliphatic carbocycles. The maximum atomic E-state index is 14.8. The second kappa shape index (κ2) is 19.2. The molecule has 3 saturated heterocycles.